The number of nitrogens with one attached hydrogen (secondary N) is 1. The number of hydrogen-bond acceptors (Lipinski definition) is 2. The number of benzene rings is 2. The number of carbonyl (C=O) groups excluding carboxylic acids is 1. The fourth-order valence-electron chi connectivity index (χ4n) is 1.88. The Balaban J connectivity index is 2.16. The molecule has 0 spiro atoms. The van der Waals surface area contributed by atoms with Gasteiger partial charge in [0.1, 0.15) is 0 Å². The second-order valence-electron chi connectivity index (χ2n) is 4.84. The predicted molar refractivity (Wildman–Crippen MR) is 92.1 cm³/mol. The van der Waals surface area contributed by atoms with Gasteiger partial charge in [-0.2, -0.15) is 0 Å². The van der Waals surface area contributed by atoms with E-state index in [2.05, 4.69) is 5.32 Å². The summed E-state index contributed by atoms with van der Waals surface area (Å²) in [5.74, 6) is -1.39. The van der Waals surface area contributed by atoms with E-state index in [1.54, 1.807) is 43.3 Å². The Hall–Kier alpha value is -2.30. The van der Waals surface area contributed by atoms with Crippen LogP contribution in [0, 0.1) is 0 Å². The van der Waals surface area contributed by atoms with E-state index in [1.807, 2.05) is 0 Å². The SMILES string of the molecule is CC(=Cc1ccc(Cl)c(Cl)c1)C(=O)Nc1cccc(C(=O)O)c1. The molecule has 0 bridgehead atoms. The van der Waals surface area contributed by atoms with Gasteiger partial charge in [-0.1, -0.05) is 35.3 Å². The highest BCUT2D eigenvalue weighted by Gasteiger charge is 2.08. The van der Waals surface area contributed by atoms with Crippen molar-refractivity contribution in [2.75, 3.05) is 5.32 Å². The van der Waals surface area contributed by atoms with E-state index in [0.29, 0.717) is 21.3 Å². The normalized spacial score (nSPS) is 11.2. The van der Waals surface area contributed by atoms with E-state index in [9.17, 15) is 9.59 Å². The highest BCUT2D eigenvalue weighted by Crippen LogP contribution is 2.24. The van der Waals surface area contributed by atoms with Crippen LogP contribution in [0.5, 0.6) is 0 Å². The summed E-state index contributed by atoms with van der Waals surface area (Å²) < 4.78 is 0. The van der Waals surface area contributed by atoms with Crippen LogP contribution in [0.2, 0.25) is 10.0 Å². The van der Waals surface area contributed by atoms with E-state index in [1.165, 1.54) is 12.1 Å². The molecule has 0 aliphatic carbocycles. The number of hydrogen-bond donors (Lipinski definition) is 2. The molecule has 0 fully saturated rings. The van der Waals surface area contributed by atoms with Crippen molar-refractivity contribution in [2.24, 2.45) is 0 Å². The van der Waals surface area contributed by atoms with Gasteiger partial charge in [-0.05, 0) is 48.9 Å². The molecule has 2 rings (SSSR count). The minimum atomic E-state index is -1.05. The van der Waals surface area contributed by atoms with E-state index >= 15 is 0 Å². The third-order valence-electron chi connectivity index (χ3n) is 3.05. The zero-order valence-electron chi connectivity index (χ0n) is 12.1. The molecule has 2 N–H and O–H groups in total. The Bertz CT molecular complexity index is 800. The average molecular weight is 350 g/mol. The predicted octanol–water partition coefficient (Wildman–Crippen LogP) is 4.73. The Kier molecular flexibility index (Phi) is 5.42. The van der Waals surface area contributed by atoms with Crippen molar-refractivity contribution in [2.45, 2.75) is 6.92 Å². The molecular weight excluding hydrogens is 337 g/mol. The number of amides is 1. The molecule has 23 heavy (non-hydrogen) atoms. The second-order valence-corrected chi connectivity index (χ2v) is 5.66. The first kappa shape index (κ1) is 17.1. The molecule has 0 aromatic heterocycles. The number of rotatable bonds is 4. The van der Waals surface area contributed by atoms with E-state index in [4.69, 9.17) is 28.3 Å². The van der Waals surface area contributed by atoms with Crippen LogP contribution >= 0.6 is 23.2 Å². The molecule has 2 aromatic rings. The lowest BCUT2D eigenvalue weighted by molar-refractivity contribution is -0.112. The first-order valence-electron chi connectivity index (χ1n) is 6.65. The summed E-state index contributed by atoms with van der Waals surface area (Å²) in [4.78, 5) is 23.1. The summed E-state index contributed by atoms with van der Waals surface area (Å²) >= 11 is 11.8. The topological polar surface area (TPSA) is 66.4 Å². The number of halogens is 2. The van der Waals surface area contributed by atoms with Crippen LogP contribution in [0.25, 0.3) is 6.08 Å². The van der Waals surface area contributed by atoms with Gasteiger partial charge in [-0.25, -0.2) is 4.79 Å². The summed E-state index contributed by atoms with van der Waals surface area (Å²) in [7, 11) is 0. The molecular formula is C17H13Cl2NO3. The van der Waals surface area contributed by atoms with Gasteiger partial charge in [-0.3, -0.25) is 4.79 Å². The van der Waals surface area contributed by atoms with Gasteiger partial charge in [-0.15, -0.1) is 0 Å². The Morgan fingerprint density at radius 2 is 1.83 bits per heavy atom. The number of carboxylic acids is 1. The molecule has 0 aliphatic heterocycles. The van der Waals surface area contributed by atoms with Crippen molar-refractivity contribution in [3.05, 3.63) is 69.2 Å². The van der Waals surface area contributed by atoms with Gasteiger partial charge in [0.2, 0.25) is 0 Å². The van der Waals surface area contributed by atoms with Gasteiger partial charge < -0.3 is 10.4 Å². The lowest BCUT2D eigenvalue weighted by Crippen LogP contribution is -2.13. The molecule has 4 nitrogen and oxygen atoms in total. The number of anilines is 1. The quantitative estimate of drug-likeness (QED) is 0.783. The zero-order valence-corrected chi connectivity index (χ0v) is 13.7. The first-order valence-corrected chi connectivity index (χ1v) is 7.40. The van der Waals surface area contributed by atoms with E-state index in [-0.39, 0.29) is 11.5 Å². The molecule has 1 amide bonds. The van der Waals surface area contributed by atoms with Crippen molar-refractivity contribution >= 4 is 46.8 Å². The summed E-state index contributed by atoms with van der Waals surface area (Å²) in [5.41, 5.74) is 1.71. The molecule has 0 unspecified atom stereocenters. The minimum Gasteiger partial charge on any atom is -0.478 e. The van der Waals surface area contributed by atoms with Gasteiger partial charge in [0.05, 0.1) is 15.6 Å². The summed E-state index contributed by atoms with van der Waals surface area (Å²) in [6.45, 7) is 1.65. The van der Waals surface area contributed by atoms with Crippen LogP contribution < -0.4 is 5.32 Å². The fraction of sp³-hybridized carbons (Fsp3) is 0.0588. The molecule has 0 aliphatic rings. The number of aromatic carboxylic acids is 1. The third kappa shape index (κ3) is 4.58. The van der Waals surface area contributed by atoms with Crippen LogP contribution in [-0.2, 0) is 4.79 Å². The molecule has 0 heterocycles. The Labute approximate surface area is 143 Å². The van der Waals surface area contributed by atoms with E-state index < -0.39 is 5.97 Å². The molecule has 2 aromatic carbocycles. The van der Waals surface area contributed by atoms with Gasteiger partial charge in [0, 0.05) is 11.3 Å². The number of carbonyl (C=O) groups is 2. The van der Waals surface area contributed by atoms with Crippen molar-refractivity contribution in [1.82, 2.24) is 0 Å². The lowest BCUT2D eigenvalue weighted by atomic mass is 10.1. The van der Waals surface area contributed by atoms with Crippen LogP contribution in [0.3, 0.4) is 0 Å². The largest absolute Gasteiger partial charge is 0.478 e. The number of carboxylic acid groups (broad SMARTS) is 1. The minimum absolute atomic E-state index is 0.105. The Morgan fingerprint density at radius 3 is 2.48 bits per heavy atom. The second kappa shape index (κ2) is 7.31. The maximum absolute atomic E-state index is 12.2. The van der Waals surface area contributed by atoms with Crippen molar-refractivity contribution in [3.63, 3.8) is 0 Å². The Morgan fingerprint density at radius 1 is 1.09 bits per heavy atom. The van der Waals surface area contributed by atoms with Crippen molar-refractivity contribution in [3.8, 4) is 0 Å². The molecule has 118 valence electrons. The van der Waals surface area contributed by atoms with Gasteiger partial charge in [0.25, 0.3) is 5.91 Å². The smallest absolute Gasteiger partial charge is 0.335 e. The summed E-state index contributed by atoms with van der Waals surface area (Å²) in [6.07, 6.45) is 1.67. The van der Waals surface area contributed by atoms with Crippen LogP contribution in [-0.4, -0.2) is 17.0 Å². The molecule has 0 atom stereocenters. The van der Waals surface area contributed by atoms with Crippen molar-refractivity contribution < 1.29 is 14.7 Å². The molecule has 0 radical (unpaired) electrons. The third-order valence-corrected chi connectivity index (χ3v) is 3.79. The lowest BCUT2D eigenvalue weighted by Gasteiger charge is -2.07. The van der Waals surface area contributed by atoms with Crippen LogP contribution in [0.1, 0.15) is 22.8 Å². The maximum atomic E-state index is 12.2. The maximum Gasteiger partial charge on any atom is 0.335 e. The van der Waals surface area contributed by atoms with Gasteiger partial charge in [0.15, 0.2) is 0 Å². The van der Waals surface area contributed by atoms with Crippen LogP contribution in [0.15, 0.2) is 48.0 Å². The highest BCUT2D eigenvalue weighted by atomic mass is 35.5. The fourth-order valence-corrected chi connectivity index (χ4v) is 2.18. The molecule has 0 saturated carbocycles. The molecule has 0 saturated heterocycles. The standard InChI is InChI=1S/C17H13Cl2NO3/c1-10(7-11-5-6-14(18)15(19)8-11)16(21)20-13-4-2-3-12(9-13)17(22)23/h2-9H,1H3,(H,20,21)(H,22,23). The monoisotopic (exact) mass is 349 g/mol. The summed E-state index contributed by atoms with van der Waals surface area (Å²) in [6, 6.07) is 11.1. The first-order chi connectivity index (χ1) is 10.9. The van der Waals surface area contributed by atoms with Crippen LogP contribution in [0.4, 0.5) is 5.69 Å². The van der Waals surface area contributed by atoms with Gasteiger partial charge >= 0.3 is 5.97 Å². The molecule has 6 heteroatoms. The average Bonchev–Trinajstić information content (AvgIpc) is 2.51. The highest BCUT2D eigenvalue weighted by molar-refractivity contribution is 6.42. The van der Waals surface area contributed by atoms with Crippen molar-refractivity contribution in [1.29, 1.82) is 0 Å². The van der Waals surface area contributed by atoms with E-state index in [0.717, 1.165) is 5.56 Å². The zero-order chi connectivity index (χ0) is 17.0. The summed E-state index contributed by atoms with van der Waals surface area (Å²) in [5, 5.41) is 12.4.